The normalized spacial score (nSPS) is 10.3. The molecule has 1 aromatic rings. The summed E-state index contributed by atoms with van der Waals surface area (Å²) in [7, 11) is 0. The summed E-state index contributed by atoms with van der Waals surface area (Å²) >= 11 is 2.90. The highest BCUT2D eigenvalue weighted by Gasteiger charge is 2.16. The van der Waals surface area contributed by atoms with Crippen molar-refractivity contribution >= 4 is 27.3 Å². The first kappa shape index (κ1) is 13.9. The average Bonchev–Trinajstić information content (AvgIpc) is 2.28. The predicted octanol–water partition coefficient (Wildman–Crippen LogP) is 2.68. The second-order valence-electron chi connectivity index (χ2n) is 3.40. The van der Waals surface area contributed by atoms with E-state index in [1.807, 2.05) is 0 Å². The van der Waals surface area contributed by atoms with E-state index in [0.717, 1.165) is 12.1 Å². The molecule has 17 heavy (non-hydrogen) atoms. The van der Waals surface area contributed by atoms with Crippen LogP contribution in [0.4, 0.5) is 15.8 Å². The molecule has 1 aromatic carbocycles. The Balaban J connectivity index is 2.81. The highest BCUT2D eigenvalue weighted by atomic mass is 79.9. The van der Waals surface area contributed by atoms with Crippen LogP contribution in [-0.2, 0) is 0 Å². The Morgan fingerprint density at radius 3 is 2.76 bits per heavy atom. The van der Waals surface area contributed by atoms with Gasteiger partial charge in [0.25, 0.3) is 5.69 Å². The third kappa shape index (κ3) is 3.94. The molecule has 0 atom stereocenters. The third-order valence-electron chi connectivity index (χ3n) is 2.14. The van der Waals surface area contributed by atoms with Gasteiger partial charge >= 0.3 is 0 Å². The van der Waals surface area contributed by atoms with Crippen molar-refractivity contribution in [3.63, 3.8) is 0 Å². The Bertz CT molecular complexity index is 415. The molecule has 2 N–H and O–H groups in total. The van der Waals surface area contributed by atoms with Crippen LogP contribution in [0.25, 0.3) is 0 Å². The second kappa shape index (κ2) is 6.51. The summed E-state index contributed by atoms with van der Waals surface area (Å²) in [6.07, 6.45) is 1.26. The van der Waals surface area contributed by atoms with Crippen molar-refractivity contribution < 1.29 is 14.4 Å². The molecule has 0 aromatic heterocycles. The zero-order valence-corrected chi connectivity index (χ0v) is 10.5. The number of rotatable bonds is 6. The van der Waals surface area contributed by atoms with Gasteiger partial charge in [-0.1, -0.05) is 0 Å². The monoisotopic (exact) mass is 306 g/mol. The highest BCUT2D eigenvalue weighted by Crippen LogP contribution is 2.30. The first-order chi connectivity index (χ1) is 8.06. The van der Waals surface area contributed by atoms with Crippen molar-refractivity contribution in [2.45, 2.75) is 12.8 Å². The summed E-state index contributed by atoms with van der Waals surface area (Å²) in [5.74, 6) is -0.555. The second-order valence-corrected chi connectivity index (χ2v) is 4.25. The number of hydrogen-bond donors (Lipinski definition) is 2. The molecule has 0 aliphatic heterocycles. The number of nitro benzene ring substituents is 1. The summed E-state index contributed by atoms with van der Waals surface area (Å²) in [4.78, 5) is 10.2. The average molecular weight is 307 g/mol. The van der Waals surface area contributed by atoms with Gasteiger partial charge in [0.05, 0.1) is 9.40 Å². The fourth-order valence-electron chi connectivity index (χ4n) is 1.29. The van der Waals surface area contributed by atoms with Gasteiger partial charge in [-0.05, 0) is 28.8 Å². The van der Waals surface area contributed by atoms with Crippen LogP contribution in [0.3, 0.4) is 0 Å². The van der Waals surface area contributed by atoms with Gasteiger partial charge in [0.1, 0.15) is 11.5 Å². The SMILES string of the molecule is O=[N+]([O-])c1cc(Br)c(F)cc1NCCCCO. The zero-order chi connectivity index (χ0) is 12.8. The Morgan fingerprint density at radius 2 is 2.18 bits per heavy atom. The number of aliphatic hydroxyl groups is 1. The number of hydrogen-bond acceptors (Lipinski definition) is 4. The van der Waals surface area contributed by atoms with Crippen molar-refractivity contribution in [2.75, 3.05) is 18.5 Å². The van der Waals surface area contributed by atoms with E-state index in [1.165, 1.54) is 0 Å². The molecule has 0 aliphatic rings. The Hall–Kier alpha value is -1.21. The maximum Gasteiger partial charge on any atom is 0.293 e. The van der Waals surface area contributed by atoms with Crippen LogP contribution in [0.5, 0.6) is 0 Å². The molecule has 0 amide bonds. The lowest BCUT2D eigenvalue weighted by atomic mass is 10.2. The quantitative estimate of drug-likeness (QED) is 0.481. The van der Waals surface area contributed by atoms with Crippen molar-refractivity contribution in [1.82, 2.24) is 0 Å². The van der Waals surface area contributed by atoms with E-state index >= 15 is 0 Å². The van der Waals surface area contributed by atoms with Gasteiger partial charge in [-0.25, -0.2) is 4.39 Å². The first-order valence-electron chi connectivity index (χ1n) is 5.04. The standard InChI is InChI=1S/C10H12BrFN2O3/c11-7-5-10(14(16)17)9(6-8(7)12)13-3-1-2-4-15/h5-6,13,15H,1-4H2. The Morgan fingerprint density at radius 1 is 1.47 bits per heavy atom. The van der Waals surface area contributed by atoms with E-state index in [-0.39, 0.29) is 22.5 Å². The minimum atomic E-state index is -0.571. The molecule has 0 bridgehead atoms. The Labute approximate surface area is 106 Å². The van der Waals surface area contributed by atoms with E-state index in [1.54, 1.807) is 0 Å². The van der Waals surface area contributed by atoms with E-state index < -0.39 is 10.7 Å². The summed E-state index contributed by atoms with van der Waals surface area (Å²) < 4.78 is 13.3. The molecule has 7 heteroatoms. The molecule has 0 fully saturated rings. The molecular weight excluding hydrogens is 295 g/mol. The molecule has 0 radical (unpaired) electrons. The summed E-state index contributed by atoms with van der Waals surface area (Å²) in [6.45, 7) is 0.515. The number of nitro groups is 1. The topological polar surface area (TPSA) is 75.4 Å². The summed E-state index contributed by atoms with van der Waals surface area (Å²) in [6, 6.07) is 2.21. The van der Waals surface area contributed by atoms with Gasteiger partial charge in [-0.15, -0.1) is 0 Å². The van der Waals surface area contributed by atoms with Gasteiger partial charge < -0.3 is 10.4 Å². The molecular formula is C10H12BrFN2O3. The summed E-state index contributed by atoms with van der Waals surface area (Å²) in [5.41, 5.74) is -0.0316. The highest BCUT2D eigenvalue weighted by molar-refractivity contribution is 9.10. The minimum Gasteiger partial charge on any atom is -0.396 e. The van der Waals surface area contributed by atoms with Crippen LogP contribution >= 0.6 is 15.9 Å². The molecule has 94 valence electrons. The maximum atomic E-state index is 13.2. The van der Waals surface area contributed by atoms with Crippen LogP contribution in [0.15, 0.2) is 16.6 Å². The van der Waals surface area contributed by atoms with Crippen LogP contribution in [0.1, 0.15) is 12.8 Å². The molecule has 1 rings (SSSR count). The molecule has 5 nitrogen and oxygen atoms in total. The number of unbranched alkanes of at least 4 members (excludes halogenated alkanes) is 1. The fraction of sp³-hybridized carbons (Fsp3) is 0.400. The van der Waals surface area contributed by atoms with Crippen LogP contribution in [0, 0.1) is 15.9 Å². The van der Waals surface area contributed by atoms with Gasteiger partial charge in [0, 0.05) is 25.3 Å². The van der Waals surface area contributed by atoms with E-state index in [0.29, 0.717) is 19.4 Å². The van der Waals surface area contributed by atoms with E-state index in [9.17, 15) is 14.5 Å². The largest absolute Gasteiger partial charge is 0.396 e. The third-order valence-corrected chi connectivity index (χ3v) is 2.74. The number of nitrogens with one attached hydrogen (secondary N) is 1. The van der Waals surface area contributed by atoms with E-state index in [4.69, 9.17) is 5.11 Å². The smallest absolute Gasteiger partial charge is 0.293 e. The molecule has 0 heterocycles. The zero-order valence-electron chi connectivity index (χ0n) is 8.95. The first-order valence-corrected chi connectivity index (χ1v) is 5.83. The van der Waals surface area contributed by atoms with Crippen LogP contribution < -0.4 is 5.32 Å². The number of halogens is 2. The number of benzene rings is 1. The van der Waals surface area contributed by atoms with Crippen molar-refractivity contribution in [1.29, 1.82) is 0 Å². The lowest BCUT2D eigenvalue weighted by Crippen LogP contribution is -2.05. The maximum absolute atomic E-state index is 13.2. The number of aliphatic hydroxyl groups excluding tert-OH is 1. The molecule has 0 spiro atoms. The lowest BCUT2D eigenvalue weighted by molar-refractivity contribution is -0.384. The van der Waals surface area contributed by atoms with Gasteiger partial charge in [0.15, 0.2) is 0 Å². The molecule has 0 aliphatic carbocycles. The molecule has 0 saturated carbocycles. The van der Waals surface area contributed by atoms with Crippen LogP contribution in [-0.4, -0.2) is 23.2 Å². The summed E-state index contributed by atoms with van der Waals surface area (Å²) in [5, 5.41) is 22.1. The number of anilines is 1. The number of nitrogens with zero attached hydrogens (tertiary/aromatic N) is 1. The predicted molar refractivity (Wildman–Crippen MR) is 65.6 cm³/mol. The molecule has 0 unspecified atom stereocenters. The minimum absolute atomic E-state index is 0.0603. The van der Waals surface area contributed by atoms with Crippen molar-refractivity contribution in [3.05, 3.63) is 32.5 Å². The Kier molecular flexibility index (Phi) is 5.30. The molecule has 0 saturated heterocycles. The van der Waals surface area contributed by atoms with Gasteiger partial charge in [-0.2, -0.15) is 0 Å². The van der Waals surface area contributed by atoms with Crippen LogP contribution in [0.2, 0.25) is 0 Å². The van der Waals surface area contributed by atoms with Crippen molar-refractivity contribution in [3.8, 4) is 0 Å². The lowest BCUT2D eigenvalue weighted by Gasteiger charge is -2.07. The van der Waals surface area contributed by atoms with Gasteiger partial charge in [0.2, 0.25) is 0 Å². The fourth-order valence-corrected chi connectivity index (χ4v) is 1.62. The van der Waals surface area contributed by atoms with Gasteiger partial charge in [-0.3, -0.25) is 10.1 Å². The van der Waals surface area contributed by atoms with Crippen molar-refractivity contribution in [2.24, 2.45) is 0 Å². The van der Waals surface area contributed by atoms with E-state index in [2.05, 4.69) is 21.2 Å².